The summed E-state index contributed by atoms with van der Waals surface area (Å²) < 4.78 is 34.1. The highest BCUT2D eigenvalue weighted by molar-refractivity contribution is 7.92. The van der Waals surface area contributed by atoms with Crippen LogP contribution >= 0.6 is 34.8 Å². The summed E-state index contributed by atoms with van der Waals surface area (Å²) in [5, 5.41) is 3.96. The van der Waals surface area contributed by atoms with Gasteiger partial charge in [0.1, 0.15) is 18.3 Å². The molecule has 2 amide bonds. The average molecular weight is 655 g/mol. The molecule has 0 saturated carbocycles. The van der Waals surface area contributed by atoms with Crippen molar-refractivity contribution >= 4 is 62.3 Å². The van der Waals surface area contributed by atoms with Gasteiger partial charge in [0.05, 0.1) is 17.7 Å². The fourth-order valence-electron chi connectivity index (χ4n) is 4.23. The molecule has 0 heterocycles. The van der Waals surface area contributed by atoms with E-state index >= 15 is 0 Å². The van der Waals surface area contributed by atoms with Gasteiger partial charge in [-0.2, -0.15) is 0 Å². The maximum Gasteiger partial charge on any atom is 0.264 e. The van der Waals surface area contributed by atoms with Crippen LogP contribution in [-0.2, 0) is 26.2 Å². The summed E-state index contributed by atoms with van der Waals surface area (Å²) >= 11 is 18.8. The van der Waals surface area contributed by atoms with Crippen molar-refractivity contribution < 1.29 is 22.7 Å². The minimum atomic E-state index is -4.26. The highest BCUT2D eigenvalue weighted by Crippen LogP contribution is 2.29. The standard InChI is InChI=1S/C30H34Cl3N3O5S/c1-5-20(3)34-30(38)28(6-2)35(18-21-10-11-23(32)17-27(21)33)29(37)19-36(24-9-7-8-22(31)16-24)42(39,40)26-14-12-25(41-4)13-15-26/h7-17,20,28H,5-6,18-19H2,1-4H3,(H,34,38)/t20-,28+/m1/s1. The van der Waals surface area contributed by atoms with Crippen LogP contribution in [0, 0.1) is 0 Å². The van der Waals surface area contributed by atoms with E-state index in [9.17, 15) is 18.0 Å². The number of nitrogens with one attached hydrogen (secondary N) is 1. The number of nitrogens with zero attached hydrogens (tertiary/aromatic N) is 2. The number of halogens is 3. The first kappa shape index (κ1) is 33.5. The third-order valence-corrected chi connectivity index (χ3v) is 9.38. The average Bonchev–Trinajstić information content (AvgIpc) is 2.96. The molecule has 0 aliphatic rings. The summed E-state index contributed by atoms with van der Waals surface area (Å²) in [5.41, 5.74) is 0.741. The Balaban J connectivity index is 2.09. The van der Waals surface area contributed by atoms with Crippen LogP contribution in [0.15, 0.2) is 71.6 Å². The van der Waals surface area contributed by atoms with E-state index in [0.29, 0.717) is 32.8 Å². The van der Waals surface area contributed by atoms with Crippen molar-refractivity contribution in [2.24, 2.45) is 0 Å². The zero-order valence-electron chi connectivity index (χ0n) is 23.8. The molecule has 8 nitrogen and oxygen atoms in total. The number of benzene rings is 3. The van der Waals surface area contributed by atoms with Crippen LogP contribution in [0.3, 0.4) is 0 Å². The van der Waals surface area contributed by atoms with Crippen LogP contribution in [-0.4, -0.2) is 50.9 Å². The molecule has 3 aromatic rings. The van der Waals surface area contributed by atoms with Gasteiger partial charge in [-0.3, -0.25) is 13.9 Å². The van der Waals surface area contributed by atoms with Gasteiger partial charge in [0, 0.05) is 27.7 Å². The second kappa shape index (κ2) is 15.0. The number of ether oxygens (including phenoxy) is 1. The Morgan fingerprint density at radius 1 is 0.929 bits per heavy atom. The number of rotatable bonds is 13. The van der Waals surface area contributed by atoms with Crippen molar-refractivity contribution in [3.8, 4) is 5.75 Å². The summed E-state index contributed by atoms with van der Waals surface area (Å²) in [6, 6.07) is 15.9. The van der Waals surface area contributed by atoms with E-state index in [2.05, 4.69) is 5.32 Å². The minimum absolute atomic E-state index is 0.0484. The van der Waals surface area contributed by atoms with Crippen molar-refractivity contribution in [3.63, 3.8) is 0 Å². The van der Waals surface area contributed by atoms with Gasteiger partial charge in [-0.25, -0.2) is 8.42 Å². The highest BCUT2D eigenvalue weighted by atomic mass is 35.5. The molecular weight excluding hydrogens is 621 g/mol. The largest absolute Gasteiger partial charge is 0.497 e. The van der Waals surface area contributed by atoms with E-state index in [1.165, 1.54) is 42.3 Å². The summed E-state index contributed by atoms with van der Waals surface area (Å²) in [7, 11) is -2.78. The lowest BCUT2D eigenvalue weighted by molar-refractivity contribution is -0.140. The van der Waals surface area contributed by atoms with Gasteiger partial charge < -0.3 is 15.0 Å². The maximum absolute atomic E-state index is 14.2. The lowest BCUT2D eigenvalue weighted by Crippen LogP contribution is -2.53. The third-order valence-electron chi connectivity index (χ3n) is 6.77. The number of sulfonamides is 1. The molecule has 0 aromatic heterocycles. The molecule has 226 valence electrons. The highest BCUT2D eigenvalue weighted by Gasteiger charge is 2.34. The first-order valence-electron chi connectivity index (χ1n) is 13.4. The minimum Gasteiger partial charge on any atom is -0.497 e. The number of carbonyl (C=O) groups excluding carboxylic acids is 2. The lowest BCUT2D eigenvalue weighted by atomic mass is 10.1. The van der Waals surface area contributed by atoms with E-state index < -0.39 is 28.5 Å². The van der Waals surface area contributed by atoms with Gasteiger partial charge in [0.15, 0.2) is 0 Å². The molecular formula is C30H34Cl3N3O5S. The SMILES string of the molecule is CC[C@@H](C)NC(=O)[C@H](CC)N(Cc1ccc(Cl)cc1Cl)C(=O)CN(c1cccc(Cl)c1)S(=O)(=O)c1ccc(OC)cc1. The number of carbonyl (C=O) groups is 2. The zero-order valence-corrected chi connectivity index (χ0v) is 26.9. The van der Waals surface area contributed by atoms with E-state index in [0.717, 1.165) is 4.31 Å². The second-order valence-electron chi connectivity index (χ2n) is 9.67. The predicted molar refractivity (Wildman–Crippen MR) is 168 cm³/mol. The quantitative estimate of drug-likeness (QED) is 0.225. The van der Waals surface area contributed by atoms with E-state index in [4.69, 9.17) is 39.5 Å². The van der Waals surface area contributed by atoms with Gasteiger partial charge >= 0.3 is 0 Å². The number of anilines is 1. The Morgan fingerprint density at radius 2 is 1.60 bits per heavy atom. The number of hydrogen-bond donors (Lipinski definition) is 1. The molecule has 0 radical (unpaired) electrons. The van der Waals surface area contributed by atoms with Crippen LogP contribution in [0.4, 0.5) is 5.69 Å². The van der Waals surface area contributed by atoms with Crippen LogP contribution in [0.5, 0.6) is 5.75 Å². The zero-order chi connectivity index (χ0) is 31.0. The first-order valence-corrected chi connectivity index (χ1v) is 15.9. The predicted octanol–water partition coefficient (Wildman–Crippen LogP) is 6.57. The van der Waals surface area contributed by atoms with E-state index in [1.807, 2.05) is 13.8 Å². The van der Waals surface area contributed by atoms with Gasteiger partial charge in [-0.1, -0.05) is 60.8 Å². The van der Waals surface area contributed by atoms with Crippen molar-refractivity contribution in [2.45, 2.75) is 57.1 Å². The molecule has 3 rings (SSSR count). The van der Waals surface area contributed by atoms with Crippen molar-refractivity contribution in [3.05, 3.63) is 87.4 Å². The van der Waals surface area contributed by atoms with E-state index in [-0.39, 0.29) is 35.5 Å². The Bertz CT molecular complexity index is 1500. The number of methoxy groups -OCH3 is 1. The van der Waals surface area contributed by atoms with Crippen molar-refractivity contribution in [1.82, 2.24) is 10.2 Å². The normalized spacial score (nSPS) is 12.7. The Morgan fingerprint density at radius 3 is 2.17 bits per heavy atom. The molecule has 42 heavy (non-hydrogen) atoms. The van der Waals surface area contributed by atoms with Crippen molar-refractivity contribution in [2.75, 3.05) is 18.0 Å². The van der Waals surface area contributed by atoms with Gasteiger partial charge in [0.2, 0.25) is 11.8 Å². The number of amides is 2. The molecule has 0 saturated heterocycles. The summed E-state index contributed by atoms with van der Waals surface area (Å²) in [6.45, 7) is 4.94. The molecule has 0 unspecified atom stereocenters. The summed E-state index contributed by atoms with van der Waals surface area (Å²) in [6.07, 6.45) is 0.976. The molecule has 0 bridgehead atoms. The molecule has 12 heteroatoms. The second-order valence-corrected chi connectivity index (χ2v) is 12.8. The molecule has 1 N–H and O–H groups in total. The topological polar surface area (TPSA) is 96.0 Å². The number of hydrogen-bond acceptors (Lipinski definition) is 5. The lowest BCUT2D eigenvalue weighted by Gasteiger charge is -2.34. The Kier molecular flexibility index (Phi) is 11.9. The Labute approximate surface area is 262 Å². The summed E-state index contributed by atoms with van der Waals surface area (Å²) in [5.74, 6) is -0.481. The molecule has 0 fully saturated rings. The van der Waals surface area contributed by atoms with Crippen LogP contribution in [0.2, 0.25) is 15.1 Å². The van der Waals surface area contributed by atoms with Crippen molar-refractivity contribution in [1.29, 1.82) is 0 Å². The van der Waals surface area contributed by atoms with E-state index in [1.54, 1.807) is 43.3 Å². The van der Waals surface area contributed by atoms with Crippen LogP contribution in [0.1, 0.15) is 39.2 Å². The molecule has 0 spiro atoms. The fraction of sp³-hybridized carbons (Fsp3) is 0.333. The Hall–Kier alpha value is -2.98. The third kappa shape index (κ3) is 8.31. The fourth-order valence-corrected chi connectivity index (χ4v) is 6.29. The van der Waals surface area contributed by atoms with Crippen LogP contribution in [0.25, 0.3) is 0 Å². The molecule has 3 aromatic carbocycles. The van der Waals surface area contributed by atoms with Crippen LogP contribution < -0.4 is 14.4 Å². The first-order chi connectivity index (χ1) is 19.9. The molecule has 0 aliphatic carbocycles. The van der Waals surface area contributed by atoms with Gasteiger partial charge in [-0.05, 0) is 79.9 Å². The van der Waals surface area contributed by atoms with Gasteiger partial charge in [-0.15, -0.1) is 0 Å². The smallest absolute Gasteiger partial charge is 0.264 e. The summed E-state index contributed by atoms with van der Waals surface area (Å²) in [4.78, 5) is 28.8. The maximum atomic E-state index is 14.2. The van der Waals surface area contributed by atoms with Gasteiger partial charge in [0.25, 0.3) is 10.0 Å². The molecule has 0 aliphatic heterocycles. The monoisotopic (exact) mass is 653 g/mol. The molecule has 2 atom stereocenters.